The van der Waals surface area contributed by atoms with Gasteiger partial charge in [0.15, 0.2) is 11.5 Å². The third kappa shape index (κ3) is 4.04. The van der Waals surface area contributed by atoms with Gasteiger partial charge in [-0.05, 0) is 48.7 Å². The fourth-order valence-corrected chi connectivity index (χ4v) is 4.51. The highest BCUT2D eigenvalue weighted by atomic mass is 16.5. The average Bonchev–Trinajstić information content (AvgIpc) is 3.18. The normalized spacial score (nSPS) is 20.1. The van der Waals surface area contributed by atoms with E-state index in [9.17, 15) is 9.59 Å². The predicted molar refractivity (Wildman–Crippen MR) is 121 cm³/mol. The molecule has 0 saturated carbocycles. The fraction of sp³-hybridized carbons (Fsp3) is 0.417. The molecule has 1 N–H and O–H groups in total. The smallest absolute Gasteiger partial charge is 0.318 e. The molecule has 0 unspecified atom stereocenters. The van der Waals surface area contributed by atoms with Gasteiger partial charge in [-0.3, -0.25) is 4.79 Å². The number of hydrogen-bond donors (Lipinski definition) is 1. The van der Waals surface area contributed by atoms with E-state index in [0.29, 0.717) is 30.3 Å². The number of fused-ring (bicyclic) bond motifs is 1. The Bertz CT molecular complexity index is 1020. The van der Waals surface area contributed by atoms with E-state index < -0.39 is 0 Å². The van der Waals surface area contributed by atoms with Crippen LogP contribution >= 0.6 is 0 Å². The van der Waals surface area contributed by atoms with Crippen molar-refractivity contribution < 1.29 is 23.8 Å². The largest absolute Gasteiger partial charge is 0.497 e. The first-order chi connectivity index (χ1) is 15.4. The number of nitrogens with zero attached hydrogens (tertiary/aromatic N) is 2. The molecule has 2 aromatic carbocycles. The number of carbonyl (C=O) groups is 2. The molecular weight excluding hydrogens is 410 g/mol. The van der Waals surface area contributed by atoms with Gasteiger partial charge in [0.25, 0.3) is 0 Å². The molecule has 1 saturated heterocycles. The van der Waals surface area contributed by atoms with E-state index in [0.717, 1.165) is 23.2 Å². The minimum absolute atomic E-state index is 0.0163. The second kappa shape index (κ2) is 8.98. The first kappa shape index (κ1) is 21.8. The van der Waals surface area contributed by atoms with E-state index in [4.69, 9.17) is 14.2 Å². The summed E-state index contributed by atoms with van der Waals surface area (Å²) in [6, 6.07) is 10.8. The minimum atomic E-state index is -0.250. The summed E-state index contributed by atoms with van der Waals surface area (Å²) in [6.45, 7) is 3.03. The summed E-state index contributed by atoms with van der Waals surface area (Å²) in [5, 5.41) is 3.06. The van der Waals surface area contributed by atoms with Crippen molar-refractivity contribution in [2.75, 3.05) is 39.3 Å². The molecule has 0 aliphatic carbocycles. The van der Waals surface area contributed by atoms with Crippen molar-refractivity contribution in [1.29, 1.82) is 0 Å². The molecule has 1 fully saturated rings. The zero-order chi connectivity index (χ0) is 22.8. The van der Waals surface area contributed by atoms with E-state index in [1.54, 1.807) is 26.2 Å². The molecule has 2 aromatic rings. The highest BCUT2D eigenvalue weighted by Crippen LogP contribution is 2.38. The zero-order valence-electron chi connectivity index (χ0n) is 18.9. The molecule has 2 heterocycles. The average molecular weight is 440 g/mol. The Hall–Kier alpha value is -3.42. The molecule has 8 nitrogen and oxygen atoms in total. The van der Waals surface area contributed by atoms with Gasteiger partial charge in [0, 0.05) is 31.3 Å². The number of carbonyl (C=O) groups excluding carboxylic acids is 2. The van der Waals surface area contributed by atoms with Crippen LogP contribution in [0, 0.1) is 0 Å². The van der Waals surface area contributed by atoms with E-state index >= 15 is 0 Å². The van der Waals surface area contributed by atoms with Crippen LogP contribution in [0.3, 0.4) is 0 Å². The monoisotopic (exact) mass is 439 g/mol. The first-order valence-corrected chi connectivity index (χ1v) is 10.7. The molecule has 0 bridgehead atoms. The van der Waals surface area contributed by atoms with E-state index in [2.05, 4.69) is 5.32 Å². The number of methoxy groups -OCH3 is 3. The van der Waals surface area contributed by atoms with Gasteiger partial charge in [-0.25, -0.2) is 4.79 Å². The van der Waals surface area contributed by atoms with E-state index in [-0.39, 0.29) is 30.4 Å². The van der Waals surface area contributed by atoms with Crippen LogP contribution in [0.2, 0.25) is 0 Å². The van der Waals surface area contributed by atoms with Crippen LogP contribution < -0.4 is 24.4 Å². The molecule has 32 heavy (non-hydrogen) atoms. The Morgan fingerprint density at radius 1 is 1.06 bits per heavy atom. The van der Waals surface area contributed by atoms with Gasteiger partial charge in [-0.15, -0.1) is 0 Å². The summed E-state index contributed by atoms with van der Waals surface area (Å²) in [6.07, 6.45) is 1.000. The zero-order valence-corrected chi connectivity index (χ0v) is 18.9. The fourth-order valence-electron chi connectivity index (χ4n) is 4.51. The Morgan fingerprint density at radius 2 is 1.81 bits per heavy atom. The number of ether oxygens (including phenoxy) is 3. The summed E-state index contributed by atoms with van der Waals surface area (Å²) < 4.78 is 16.1. The third-order valence-corrected chi connectivity index (χ3v) is 6.26. The maximum atomic E-state index is 13.1. The molecule has 4 rings (SSSR count). The molecule has 3 amide bonds. The van der Waals surface area contributed by atoms with Gasteiger partial charge in [0.2, 0.25) is 5.91 Å². The van der Waals surface area contributed by atoms with Crippen molar-refractivity contribution in [2.24, 2.45) is 0 Å². The van der Waals surface area contributed by atoms with E-state index in [1.165, 1.54) is 0 Å². The van der Waals surface area contributed by atoms with Gasteiger partial charge in [0.05, 0.1) is 33.4 Å². The summed E-state index contributed by atoms with van der Waals surface area (Å²) in [5.41, 5.74) is 2.97. The van der Waals surface area contributed by atoms with E-state index in [1.807, 2.05) is 48.2 Å². The van der Waals surface area contributed by atoms with Crippen LogP contribution in [0.15, 0.2) is 36.4 Å². The number of nitrogens with one attached hydrogen (secondary N) is 1. The molecule has 2 atom stereocenters. The number of urea groups is 1. The summed E-state index contributed by atoms with van der Waals surface area (Å²) >= 11 is 0. The lowest BCUT2D eigenvalue weighted by Gasteiger charge is -2.36. The van der Waals surface area contributed by atoms with Gasteiger partial charge < -0.3 is 29.3 Å². The lowest BCUT2D eigenvalue weighted by atomic mass is 9.93. The SMILES string of the molecule is COc1cccc(N2C[C@H](NC(=O)N3CCc4cc(OC)c(OC)cc4[C@H]3C)CC2=O)c1. The van der Waals surface area contributed by atoms with Gasteiger partial charge in [0.1, 0.15) is 5.75 Å². The van der Waals surface area contributed by atoms with Crippen LogP contribution in [0.25, 0.3) is 0 Å². The van der Waals surface area contributed by atoms with Crippen molar-refractivity contribution in [3.63, 3.8) is 0 Å². The number of benzene rings is 2. The van der Waals surface area contributed by atoms with Crippen molar-refractivity contribution >= 4 is 17.6 Å². The summed E-state index contributed by atoms with van der Waals surface area (Å²) in [4.78, 5) is 29.2. The van der Waals surface area contributed by atoms with Gasteiger partial charge in [-0.1, -0.05) is 6.07 Å². The van der Waals surface area contributed by atoms with Crippen LogP contribution in [0.5, 0.6) is 17.2 Å². The minimum Gasteiger partial charge on any atom is -0.497 e. The molecular formula is C24H29N3O5. The quantitative estimate of drug-likeness (QED) is 0.774. The van der Waals surface area contributed by atoms with Gasteiger partial charge >= 0.3 is 6.03 Å². The maximum absolute atomic E-state index is 13.1. The van der Waals surface area contributed by atoms with Crippen LogP contribution in [0.1, 0.15) is 30.5 Å². The Kier molecular flexibility index (Phi) is 6.12. The summed E-state index contributed by atoms with van der Waals surface area (Å²) in [5.74, 6) is 2.02. The molecule has 0 radical (unpaired) electrons. The van der Waals surface area contributed by atoms with Crippen LogP contribution in [0.4, 0.5) is 10.5 Å². The Labute approximate surface area is 188 Å². The molecule has 170 valence electrons. The van der Waals surface area contributed by atoms with Crippen molar-refractivity contribution in [1.82, 2.24) is 10.2 Å². The highest BCUT2D eigenvalue weighted by Gasteiger charge is 2.35. The molecule has 0 spiro atoms. The van der Waals surface area contributed by atoms with Crippen molar-refractivity contribution in [2.45, 2.75) is 31.8 Å². The lowest BCUT2D eigenvalue weighted by Crippen LogP contribution is -2.48. The maximum Gasteiger partial charge on any atom is 0.318 e. The molecule has 2 aliphatic rings. The van der Waals surface area contributed by atoms with Crippen molar-refractivity contribution in [3.8, 4) is 17.2 Å². The number of rotatable bonds is 5. The second-order valence-electron chi connectivity index (χ2n) is 8.08. The first-order valence-electron chi connectivity index (χ1n) is 10.7. The lowest BCUT2D eigenvalue weighted by molar-refractivity contribution is -0.117. The third-order valence-electron chi connectivity index (χ3n) is 6.26. The predicted octanol–water partition coefficient (Wildman–Crippen LogP) is 3.15. The summed E-state index contributed by atoms with van der Waals surface area (Å²) in [7, 11) is 4.82. The number of hydrogen-bond acceptors (Lipinski definition) is 5. The molecule has 8 heteroatoms. The number of anilines is 1. The Morgan fingerprint density at radius 3 is 2.53 bits per heavy atom. The van der Waals surface area contributed by atoms with Crippen molar-refractivity contribution in [3.05, 3.63) is 47.5 Å². The molecule has 2 aliphatic heterocycles. The number of amides is 3. The van der Waals surface area contributed by atoms with Crippen LogP contribution in [-0.4, -0.2) is 57.3 Å². The standard InChI is InChI=1S/C24H29N3O5/c1-15-20-13-22(32-4)21(31-3)10-16(20)8-9-26(15)24(29)25-17-11-23(28)27(14-17)18-6-5-7-19(12-18)30-2/h5-7,10,12-13,15,17H,8-9,11,14H2,1-4H3,(H,25,29)/t15-,17-/m1/s1. The molecule has 0 aromatic heterocycles. The Balaban J connectivity index is 1.45. The topological polar surface area (TPSA) is 80.3 Å². The van der Waals surface area contributed by atoms with Crippen LogP contribution in [-0.2, 0) is 11.2 Å². The highest BCUT2D eigenvalue weighted by molar-refractivity contribution is 5.97. The second-order valence-corrected chi connectivity index (χ2v) is 8.08. The van der Waals surface area contributed by atoms with Gasteiger partial charge in [-0.2, -0.15) is 0 Å².